The molecule has 1 amide bonds. The molecule has 1 N–H and O–H groups in total. The summed E-state index contributed by atoms with van der Waals surface area (Å²) in [6.07, 6.45) is 7.76. The Morgan fingerprint density at radius 1 is 1.26 bits per heavy atom. The second-order valence-electron chi connectivity index (χ2n) is 6.99. The first-order valence-electron chi connectivity index (χ1n) is 9.02. The fourth-order valence-corrected chi connectivity index (χ4v) is 3.62. The molecule has 1 aliphatic carbocycles. The van der Waals surface area contributed by atoms with Crippen LogP contribution in [0, 0.1) is 5.92 Å². The molecule has 1 atom stereocenters. The Kier molecular flexibility index (Phi) is 6.49. The van der Waals surface area contributed by atoms with E-state index in [2.05, 4.69) is 31.3 Å². The number of para-hydroxylation sites is 1. The summed E-state index contributed by atoms with van der Waals surface area (Å²) in [5.74, 6) is 1.43. The predicted molar refractivity (Wildman–Crippen MR) is 94.8 cm³/mol. The Balaban J connectivity index is 1.94. The summed E-state index contributed by atoms with van der Waals surface area (Å²) >= 11 is 0. The minimum absolute atomic E-state index is 0.0203. The number of ether oxygens (including phenoxy) is 1. The number of hydrogen-bond donors (Lipinski definition) is 1. The van der Waals surface area contributed by atoms with Crippen molar-refractivity contribution in [3.63, 3.8) is 0 Å². The zero-order valence-electron chi connectivity index (χ0n) is 14.9. The molecule has 3 heteroatoms. The number of methoxy groups -OCH3 is 1. The van der Waals surface area contributed by atoms with Crippen LogP contribution in [0.1, 0.15) is 64.4 Å². The first-order valence-corrected chi connectivity index (χ1v) is 9.02. The smallest absolute Gasteiger partial charge is 0.223 e. The maximum atomic E-state index is 12.3. The van der Waals surface area contributed by atoms with Crippen molar-refractivity contribution in [2.45, 2.75) is 64.2 Å². The third kappa shape index (κ3) is 4.49. The number of carbonyl (C=O) groups is 1. The van der Waals surface area contributed by atoms with Gasteiger partial charge in [-0.15, -0.1) is 0 Å². The molecule has 0 bridgehead atoms. The van der Waals surface area contributed by atoms with E-state index in [9.17, 15) is 4.79 Å². The van der Waals surface area contributed by atoms with Crippen LogP contribution in [0.15, 0.2) is 24.3 Å². The first-order chi connectivity index (χ1) is 11.1. The van der Waals surface area contributed by atoms with Gasteiger partial charge < -0.3 is 10.1 Å². The minimum atomic E-state index is 0.0203. The Morgan fingerprint density at radius 3 is 2.61 bits per heavy atom. The molecule has 1 aromatic rings. The van der Waals surface area contributed by atoms with E-state index in [1.165, 1.54) is 24.8 Å². The molecule has 0 radical (unpaired) electrons. The van der Waals surface area contributed by atoms with Gasteiger partial charge in [-0.1, -0.05) is 51.3 Å². The molecule has 3 nitrogen and oxygen atoms in total. The summed E-state index contributed by atoms with van der Waals surface area (Å²) in [4.78, 5) is 12.3. The van der Waals surface area contributed by atoms with E-state index in [1.807, 2.05) is 12.1 Å². The predicted octanol–water partition coefficient (Wildman–Crippen LogP) is 4.45. The van der Waals surface area contributed by atoms with Gasteiger partial charge in [0.15, 0.2) is 0 Å². The Hall–Kier alpha value is -1.51. The third-order valence-electron chi connectivity index (χ3n) is 5.49. The maximum absolute atomic E-state index is 12.3. The molecule has 0 spiro atoms. The molecule has 23 heavy (non-hydrogen) atoms. The fourth-order valence-electron chi connectivity index (χ4n) is 3.62. The lowest BCUT2D eigenvalue weighted by molar-refractivity contribution is -0.125. The average Bonchev–Trinajstić information content (AvgIpc) is 2.62. The molecule has 2 rings (SSSR count). The molecule has 0 aliphatic heterocycles. The molecule has 0 aromatic heterocycles. The van der Waals surface area contributed by atoms with Crippen molar-refractivity contribution in [3.05, 3.63) is 29.8 Å². The van der Waals surface area contributed by atoms with Gasteiger partial charge in [0.05, 0.1) is 7.11 Å². The Morgan fingerprint density at radius 2 is 1.96 bits per heavy atom. The van der Waals surface area contributed by atoms with Crippen LogP contribution in [-0.2, 0) is 10.2 Å². The molecule has 128 valence electrons. The van der Waals surface area contributed by atoms with Crippen molar-refractivity contribution in [2.24, 2.45) is 5.92 Å². The van der Waals surface area contributed by atoms with Gasteiger partial charge in [-0.05, 0) is 37.2 Å². The molecule has 1 aromatic carbocycles. The van der Waals surface area contributed by atoms with Crippen molar-refractivity contribution in [2.75, 3.05) is 13.7 Å². The number of rotatable bonds is 7. The van der Waals surface area contributed by atoms with E-state index >= 15 is 0 Å². The quantitative estimate of drug-likeness (QED) is 0.807. The lowest BCUT2D eigenvalue weighted by atomic mass is 9.76. The van der Waals surface area contributed by atoms with Crippen molar-refractivity contribution in [3.8, 4) is 5.75 Å². The largest absolute Gasteiger partial charge is 0.496 e. The van der Waals surface area contributed by atoms with Crippen LogP contribution < -0.4 is 10.1 Å². The molecule has 1 aliphatic rings. The van der Waals surface area contributed by atoms with Crippen LogP contribution in [0.4, 0.5) is 0 Å². The van der Waals surface area contributed by atoms with E-state index in [1.54, 1.807) is 7.11 Å². The highest BCUT2D eigenvalue weighted by Gasteiger charge is 2.28. The van der Waals surface area contributed by atoms with Gasteiger partial charge in [-0.2, -0.15) is 0 Å². The van der Waals surface area contributed by atoms with Crippen LogP contribution >= 0.6 is 0 Å². The molecule has 1 fully saturated rings. The lowest BCUT2D eigenvalue weighted by Crippen LogP contribution is -2.35. The number of hydrogen-bond acceptors (Lipinski definition) is 2. The Labute approximate surface area is 140 Å². The summed E-state index contributed by atoms with van der Waals surface area (Å²) in [5.41, 5.74) is 1.25. The molecular weight excluding hydrogens is 286 g/mol. The van der Waals surface area contributed by atoms with Gasteiger partial charge in [-0.3, -0.25) is 4.79 Å². The molecular formula is C20H31NO2. The van der Waals surface area contributed by atoms with Gasteiger partial charge >= 0.3 is 0 Å². The van der Waals surface area contributed by atoms with E-state index in [4.69, 9.17) is 4.74 Å². The van der Waals surface area contributed by atoms with Gasteiger partial charge in [-0.25, -0.2) is 0 Å². The molecule has 0 saturated heterocycles. The Bertz CT molecular complexity index is 508. The molecule has 0 unspecified atom stereocenters. The number of amides is 1. The van der Waals surface area contributed by atoms with Gasteiger partial charge in [0.2, 0.25) is 5.91 Å². The van der Waals surface area contributed by atoms with E-state index in [0.29, 0.717) is 0 Å². The van der Waals surface area contributed by atoms with Crippen molar-refractivity contribution < 1.29 is 9.53 Å². The zero-order chi connectivity index (χ0) is 16.7. The van der Waals surface area contributed by atoms with Crippen LogP contribution in [0.25, 0.3) is 0 Å². The van der Waals surface area contributed by atoms with E-state index < -0.39 is 0 Å². The van der Waals surface area contributed by atoms with Crippen molar-refractivity contribution in [1.29, 1.82) is 0 Å². The van der Waals surface area contributed by atoms with Gasteiger partial charge in [0, 0.05) is 18.0 Å². The average molecular weight is 317 g/mol. The van der Waals surface area contributed by atoms with Crippen LogP contribution in [0.3, 0.4) is 0 Å². The zero-order valence-corrected chi connectivity index (χ0v) is 14.9. The number of carbonyl (C=O) groups excluding carboxylic acids is 1. The van der Waals surface area contributed by atoms with Gasteiger partial charge in [0.1, 0.15) is 5.75 Å². The normalized spacial score (nSPS) is 18.2. The van der Waals surface area contributed by atoms with E-state index in [-0.39, 0.29) is 17.2 Å². The van der Waals surface area contributed by atoms with Gasteiger partial charge in [0.25, 0.3) is 0 Å². The third-order valence-corrected chi connectivity index (χ3v) is 5.49. The SMILES string of the molecule is CC[C@](C)(CCNC(=O)C1CCCCC1)c1ccccc1OC. The standard InChI is InChI=1S/C20H31NO2/c1-4-20(2,17-12-8-9-13-18(17)23-3)14-15-21-19(22)16-10-6-5-7-11-16/h8-9,12-13,16H,4-7,10-11,14-15H2,1-3H3,(H,21,22)/t20-/m1/s1. The highest BCUT2D eigenvalue weighted by atomic mass is 16.5. The van der Waals surface area contributed by atoms with Crippen molar-refractivity contribution in [1.82, 2.24) is 5.32 Å². The number of benzene rings is 1. The molecule has 1 saturated carbocycles. The van der Waals surface area contributed by atoms with Crippen LogP contribution in [0.2, 0.25) is 0 Å². The number of nitrogens with one attached hydrogen (secondary N) is 1. The summed E-state index contributed by atoms with van der Waals surface area (Å²) < 4.78 is 5.53. The first kappa shape index (κ1) is 17.8. The summed E-state index contributed by atoms with van der Waals surface area (Å²) in [6, 6.07) is 8.23. The summed E-state index contributed by atoms with van der Waals surface area (Å²) in [5, 5.41) is 3.17. The highest BCUT2D eigenvalue weighted by Crippen LogP contribution is 2.36. The monoisotopic (exact) mass is 317 g/mol. The maximum Gasteiger partial charge on any atom is 0.223 e. The van der Waals surface area contributed by atoms with Crippen LogP contribution in [0.5, 0.6) is 5.75 Å². The summed E-state index contributed by atoms with van der Waals surface area (Å²) in [7, 11) is 1.72. The minimum Gasteiger partial charge on any atom is -0.496 e. The second kappa shape index (κ2) is 8.37. The van der Waals surface area contributed by atoms with Crippen LogP contribution in [-0.4, -0.2) is 19.6 Å². The molecule has 0 heterocycles. The lowest BCUT2D eigenvalue weighted by Gasteiger charge is -2.31. The summed E-state index contributed by atoms with van der Waals surface area (Å²) in [6.45, 7) is 5.20. The van der Waals surface area contributed by atoms with E-state index in [0.717, 1.165) is 38.0 Å². The van der Waals surface area contributed by atoms with Crippen molar-refractivity contribution >= 4 is 5.91 Å². The highest BCUT2D eigenvalue weighted by molar-refractivity contribution is 5.78. The fraction of sp³-hybridized carbons (Fsp3) is 0.650. The second-order valence-corrected chi connectivity index (χ2v) is 6.99. The topological polar surface area (TPSA) is 38.3 Å².